The van der Waals surface area contributed by atoms with E-state index in [0.29, 0.717) is 36.4 Å². The Hall–Kier alpha value is -0.770. The first-order valence-corrected chi connectivity index (χ1v) is 10.5. The second kappa shape index (κ2) is 5.40. The predicted molar refractivity (Wildman–Crippen MR) is 94.9 cm³/mol. The highest BCUT2D eigenvalue weighted by Gasteiger charge is 2.63. The summed E-state index contributed by atoms with van der Waals surface area (Å²) < 4.78 is 35.7. The lowest BCUT2D eigenvalue weighted by Crippen LogP contribution is -2.55. The van der Waals surface area contributed by atoms with Gasteiger partial charge >= 0.3 is 5.92 Å². The van der Waals surface area contributed by atoms with Crippen LogP contribution < -0.4 is 0 Å². The molecule has 4 heteroatoms. The van der Waals surface area contributed by atoms with Crippen molar-refractivity contribution in [2.75, 3.05) is 0 Å². The van der Waals surface area contributed by atoms with Crippen molar-refractivity contribution in [3.8, 4) is 0 Å². The zero-order valence-corrected chi connectivity index (χ0v) is 15.9. The molecule has 0 spiro atoms. The second-order valence-corrected chi connectivity index (χ2v) is 10.1. The van der Waals surface area contributed by atoms with Gasteiger partial charge < -0.3 is 4.74 Å². The monoisotopic (exact) mass is 364 g/mol. The topological polar surface area (TPSA) is 26.3 Å². The van der Waals surface area contributed by atoms with E-state index in [2.05, 4.69) is 6.92 Å². The molecule has 0 aromatic heterocycles. The SMILES string of the molecule is C[C@]12CC[C@H]3[C@@H](CC=C4C(F)(F)C(=O)CC[C@@]43C)[C@@H]1CC[C@@H]2OC1CC1. The number of alkyl halides is 2. The first kappa shape index (κ1) is 17.3. The summed E-state index contributed by atoms with van der Waals surface area (Å²) in [5, 5.41) is 0. The molecule has 0 unspecified atom stereocenters. The molecule has 2 nitrogen and oxygen atoms in total. The first-order chi connectivity index (χ1) is 12.3. The Morgan fingerprint density at radius 3 is 2.54 bits per heavy atom. The minimum Gasteiger partial charge on any atom is -0.374 e. The van der Waals surface area contributed by atoms with Crippen LogP contribution in [0.15, 0.2) is 11.6 Å². The standard InChI is InChI=1S/C22H30F2O2/c1-20-12-10-18(25)22(23,24)17(20)7-5-14-15-6-8-19(26-13-3-4-13)21(15,2)11-9-16(14)20/h7,13-16,19H,3-6,8-12H2,1-2H3/t14-,15-,16-,19-,20+,21-/m0/s1. The zero-order valence-electron chi connectivity index (χ0n) is 15.9. The summed E-state index contributed by atoms with van der Waals surface area (Å²) in [5.41, 5.74) is -0.148. The number of allylic oxidation sites excluding steroid dienone is 2. The molecule has 0 amide bonds. The third kappa shape index (κ3) is 2.20. The Bertz CT molecular complexity index is 667. The number of ketones is 1. The molecular weight excluding hydrogens is 334 g/mol. The summed E-state index contributed by atoms with van der Waals surface area (Å²) in [5.74, 6) is -2.78. The van der Waals surface area contributed by atoms with Gasteiger partial charge in [-0.15, -0.1) is 0 Å². The molecule has 4 saturated carbocycles. The van der Waals surface area contributed by atoms with Crippen LogP contribution in [0.4, 0.5) is 8.78 Å². The van der Waals surface area contributed by atoms with Crippen LogP contribution in [0.2, 0.25) is 0 Å². The van der Waals surface area contributed by atoms with Crippen LogP contribution in [0.25, 0.3) is 0 Å². The lowest BCUT2D eigenvalue weighted by atomic mass is 9.47. The van der Waals surface area contributed by atoms with Crippen LogP contribution in [0.5, 0.6) is 0 Å². The molecule has 0 saturated heterocycles. The summed E-state index contributed by atoms with van der Waals surface area (Å²) in [6.07, 6.45) is 10.7. The van der Waals surface area contributed by atoms with Crippen molar-refractivity contribution in [1.29, 1.82) is 0 Å². The van der Waals surface area contributed by atoms with Crippen molar-refractivity contribution in [3.63, 3.8) is 0 Å². The number of carbonyl (C=O) groups is 1. The number of hydrogen-bond acceptors (Lipinski definition) is 2. The molecule has 0 N–H and O–H groups in total. The molecule has 4 fully saturated rings. The van der Waals surface area contributed by atoms with Gasteiger partial charge in [0, 0.05) is 12.0 Å². The van der Waals surface area contributed by atoms with E-state index in [1.54, 1.807) is 6.08 Å². The molecule has 26 heavy (non-hydrogen) atoms. The quantitative estimate of drug-likeness (QED) is 0.621. The molecule has 0 aromatic rings. The van der Waals surface area contributed by atoms with Crippen molar-refractivity contribution in [1.82, 2.24) is 0 Å². The highest BCUT2D eigenvalue weighted by Crippen LogP contribution is 2.66. The fraction of sp³-hybridized carbons (Fsp3) is 0.864. The van der Waals surface area contributed by atoms with E-state index in [9.17, 15) is 13.6 Å². The Morgan fingerprint density at radius 1 is 1.04 bits per heavy atom. The van der Waals surface area contributed by atoms with Gasteiger partial charge in [0.15, 0.2) is 0 Å². The minimum atomic E-state index is -3.24. The largest absolute Gasteiger partial charge is 0.374 e. The van der Waals surface area contributed by atoms with Gasteiger partial charge in [-0.3, -0.25) is 4.79 Å². The van der Waals surface area contributed by atoms with Gasteiger partial charge in [-0.05, 0) is 80.0 Å². The van der Waals surface area contributed by atoms with E-state index in [1.165, 1.54) is 19.3 Å². The molecule has 0 heterocycles. The normalized spacial score (nSPS) is 49.8. The van der Waals surface area contributed by atoms with Crippen molar-refractivity contribution in [2.45, 2.75) is 89.8 Å². The van der Waals surface area contributed by atoms with E-state index in [1.807, 2.05) is 6.92 Å². The summed E-state index contributed by atoms with van der Waals surface area (Å²) in [4.78, 5) is 11.9. The lowest BCUT2D eigenvalue weighted by Gasteiger charge is -2.58. The third-order valence-corrected chi connectivity index (χ3v) is 8.82. The zero-order chi connectivity index (χ0) is 18.3. The average molecular weight is 364 g/mol. The van der Waals surface area contributed by atoms with E-state index in [0.717, 1.165) is 25.7 Å². The van der Waals surface area contributed by atoms with Gasteiger partial charge in [0.1, 0.15) is 0 Å². The van der Waals surface area contributed by atoms with Crippen molar-refractivity contribution in [3.05, 3.63) is 11.6 Å². The van der Waals surface area contributed by atoms with Crippen molar-refractivity contribution >= 4 is 5.78 Å². The molecule has 0 aromatic carbocycles. The Morgan fingerprint density at radius 2 is 1.81 bits per heavy atom. The summed E-state index contributed by atoms with van der Waals surface area (Å²) in [7, 11) is 0. The van der Waals surface area contributed by atoms with Gasteiger partial charge in [0.25, 0.3) is 0 Å². The number of carbonyl (C=O) groups excluding carboxylic acids is 1. The Balaban J connectivity index is 1.46. The fourth-order valence-corrected chi connectivity index (χ4v) is 7.19. The number of hydrogen-bond donors (Lipinski definition) is 0. The highest BCUT2D eigenvalue weighted by atomic mass is 19.3. The van der Waals surface area contributed by atoms with Crippen LogP contribution in [-0.4, -0.2) is 23.9 Å². The molecule has 5 aliphatic rings. The summed E-state index contributed by atoms with van der Waals surface area (Å²) in [6.45, 7) is 4.42. The summed E-state index contributed by atoms with van der Waals surface area (Å²) in [6, 6.07) is 0. The smallest absolute Gasteiger partial charge is 0.327 e. The maximum Gasteiger partial charge on any atom is 0.327 e. The van der Waals surface area contributed by atoms with Crippen LogP contribution in [0, 0.1) is 28.6 Å². The molecule has 0 radical (unpaired) electrons. The number of halogens is 2. The molecule has 144 valence electrons. The Labute approximate surface area is 154 Å². The average Bonchev–Trinajstić information content (AvgIpc) is 3.34. The van der Waals surface area contributed by atoms with Crippen LogP contribution in [0.3, 0.4) is 0 Å². The number of fused-ring (bicyclic) bond motifs is 5. The van der Waals surface area contributed by atoms with Gasteiger partial charge in [-0.1, -0.05) is 19.9 Å². The molecule has 0 bridgehead atoms. The maximum atomic E-state index is 14.7. The molecular formula is C22H30F2O2. The molecule has 5 aliphatic carbocycles. The van der Waals surface area contributed by atoms with E-state index in [4.69, 9.17) is 4.74 Å². The van der Waals surface area contributed by atoms with E-state index in [-0.39, 0.29) is 17.4 Å². The van der Waals surface area contributed by atoms with Crippen LogP contribution >= 0.6 is 0 Å². The van der Waals surface area contributed by atoms with Gasteiger partial charge in [0.05, 0.1) is 12.2 Å². The molecule has 5 rings (SSSR count). The second-order valence-electron chi connectivity index (χ2n) is 10.1. The predicted octanol–water partition coefficient (Wildman–Crippen LogP) is 5.31. The fourth-order valence-electron chi connectivity index (χ4n) is 7.19. The lowest BCUT2D eigenvalue weighted by molar-refractivity contribution is -0.150. The van der Waals surface area contributed by atoms with Gasteiger partial charge in [0.2, 0.25) is 5.78 Å². The molecule has 0 aliphatic heterocycles. The Kier molecular flexibility index (Phi) is 3.60. The first-order valence-electron chi connectivity index (χ1n) is 10.5. The highest BCUT2D eigenvalue weighted by molar-refractivity contribution is 5.90. The van der Waals surface area contributed by atoms with Crippen molar-refractivity contribution in [2.24, 2.45) is 28.6 Å². The molecule has 6 atom stereocenters. The van der Waals surface area contributed by atoms with Crippen LogP contribution in [-0.2, 0) is 9.53 Å². The number of rotatable bonds is 2. The minimum absolute atomic E-state index is 0.0272. The summed E-state index contributed by atoms with van der Waals surface area (Å²) >= 11 is 0. The van der Waals surface area contributed by atoms with Crippen molar-refractivity contribution < 1.29 is 18.3 Å². The number of Topliss-reactive ketones (excluding diaryl/α,β-unsaturated/α-hetero) is 1. The van der Waals surface area contributed by atoms with E-state index >= 15 is 0 Å². The van der Waals surface area contributed by atoms with E-state index < -0.39 is 17.1 Å². The van der Waals surface area contributed by atoms with Gasteiger partial charge in [-0.2, -0.15) is 8.78 Å². The van der Waals surface area contributed by atoms with Crippen LogP contribution in [0.1, 0.15) is 71.6 Å². The number of ether oxygens (including phenoxy) is 1. The third-order valence-electron chi connectivity index (χ3n) is 8.82. The maximum absolute atomic E-state index is 14.7. The van der Waals surface area contributed by atoms with Gasteiger partial charge in [-0.25, -0.2) is 0 Å².